The van der Waals surface area contributed by atoms with E-state index < -0.39 is 10.9 Å². The molecule has 0 fully saturated rings. The maximum Gasteiger partial charge on any atom is 0.345 e. The molecule has 25 heavy (non-hydrogen) atoms. The molecular formula is C17H15N4O4+. The number of aromatic amines is 1. The van der Waals surface area contributed by atoms with E-state index in [4.69, 9.17) is 10.5 Å². The number of para-hydroxylation sites is 2. The van der Waals surface area contributed by atoms with Crippen LogP contribution in [-0.4, -0.2) is 15.9 Å². The smallest absolute Gasteiger partial charge is 0.345 e. The Morgan fingerprint density at radius 1 is 1.28 bits per heavy atom. The fourth-order valence-electron chi connectivity index (χ4n) is 2.54. The van der Waals surface area contributed by atoms with Crippen LogP contribution in [0.2, 0.25) is 0 Å². The van der Waals surface area contributed by atoms with Crippen molar-refractivity contribution < 1.29 is 19.4 Å². The minimum atomic E-state index is -0.794. The van der Waals surface area contributed by atoms with Gasteiger partial charge in [-0.15, -0.1) is 4.98 Å². The molecule has 1 aromatic heterocycles. The Hall–Kier alpha value is -3.55. The normalized spacial score (nSPS) is 10.6. The van der Waals surface area contributed by atoms with Crippen molar-refractivity contribution in [2.45, 2.75) is 13.5 Å². The van der Waals surface area contributed by atoms with Gasteiger partial charge in [0.05, 0.1) is 10.3 Å². The fourth-order valence-corrected chi connectivity index (χ4v) is 2.54. The summed E-state index contributed by atoms with van der Waals surface area (Å²) in [6, 6.07) is 11.8. The van der Waals surface area contributed by atoms with Gasteiger partial charge < -0.3 is 10.5 Å². The van der Waals surface area contributed by atoms with E-state index >= 15 is 0 Å². The quantitative estimate of drug-likeness (QED) is 0.441. The Kier molecular flexibility index (Phi) is 4.25. The van der Waals surface area contributed by atoms with E-state index in [9.17, 15) is 14.9 Å². The topological polar surface area (TPSA) is 122 Å². The maximum atomic E-state index is 12.2. The van der Waals surface area contributed by atoms with Gasteiger partial charge in [-0.3, -0.25) is 10.1 Å². The molecule has 2 aromatic carbocycles. The predicted molar refractivity (Wildman–Crippen MR) is 89.7 cm³/mol. The number of nitrogen functional groups attached to an aromatic ring is 1. The van der Waals surface area contributed by atoms with Crippen molar-refractivity contribution in [1.82, 2.24) is 4.98 Å². The number of esters is 1. The number of nitro benzene ring substituents is 1. The number of nitrogens with one attached hydrogen (secondary N) is 1. The SMILES string of the molecule is Cc1cccc(C(=O)OCc2nc3ccccc3c(N)[nH+]2)c1[N+](=O)[O-]. The predicted octanol–water partition coefficient (Wildman–Crippen LogP) is 2.20. The number of nitrogens with two attached hydrogens (primary N) is 1. The number of benzene rings is 2. The fraction of sp³-hybridized carbons (Fsp3) is 0.118. The highest BCUT2D eigenvalue weighted by molar-refractivity contribution is 5.94. The Morgan fingerprint density at radius 2 is 2.04 bits per heavy atom. The summed E-state index contributed by atoms with van der Waals surface area (Å²) in [5.74, 6) is -0.0460. The number of fused-ring (bicyclic) bond motifs is 1. The standard InChI is InChI=1S/C17H14N4O4/c1-10-5-4-7-12(15(10)21(23)24)17(22)25-9-14-19-13-8-3-2-6-11(13)16(18)20-14/h2-8H,9H2,1H3,(H2,18,19,20)/p+1. The van der Waals surface area contributed by atoms with Crippen molar-refractivity contribution in [3.8, 4) is 0 Å². The third-order valence-electron chi connectivity index (χ3n) is 3.71. The van der Waals surface area contributed by atoms with Gasteiger partial charge >= 0.3 is 5.97 Å². The molecule has 0 aliphatic carbocycles. The Balaban J connectivity index is 1.84. The van der Waals surface area contributed by atoms with Crippen LogP contribution in [0.25, 0.3) is 10.9 Å². The Bertz CT molecular complexity index is 988. The van der Waals surface area contributed by atoms with Crippen LogP contribution in [0.4, 0.5) is 11.5 Å². The van der Waals surface area contributed by atoms with Crippen molar-refractivity contribution in [1.29, 1.82) is 0 Å². The first-order valence-corrected chi connectivity index (χ1v) is 7.45. The van der Waals surface area contributed by atoms with Gasteiger partial charge in [0.25, 0.3) is 11.5 Å². The van der Waals surface area contributed by atoms with E-state index in [0.717, 1.165) is 5.39 Å². The number of nitro groups is 1. The van der Waals surface area contributed by atoms with Gasteiger partial charge in [-0.1, -0.05) is 24.3 Å². The molecule has 0 saturated heterocycles. The summed E-state index contributed by atoms with van der Waals surface area (Å²) in [4.78, 5) is 30.0. The van der Waals surface area contributed by atoms with Gasteiger partial charge in [0, 0.05) is 5.56 Å². The molecule has 0 bridgehead atoms. The molecule has 0 aliphatic rings. The number of anilines is 1. The number of hydrogen-bond donors (Lipinski definition) is 1. The average molecular weight is 339 g/mol. The van der Waals surface area contributed by atoms with E-state index in [2.05, 4.69) is 9.97 Å². The Morgan fingerprint density at radius 3 is 2.80 bits per heavy atom. The number of hydrogen-bond acceptors (Lipinski definition) is 6. The summed E-state index contributed by atoms with van der Waals surface area (Å²) in [7, 11) is 0. The number of aryl methyl sites for hydroxylation is 1. The summed E-state index contributed by atoms with van der Waals surface area (Å²) < 4.78 is 5.17. The van der Waals surface area contributed by atoms with Crippen molar-refractivity contribution in [3.63, 3.8) is 0 Å². The molecule has 3 rings (SSSR count). The second-order valence-corrected chi connectivity index (χ2v) is 5.42. The van der Waals surface area contributed by atoms with Gasteiger partial charge in [-0.25, -0.2) is 9.78 Å². The molecule has 0 saturated carbocycles. The molecular weight excluding hydrogens is 324 g/mol. The molecule has 1 heterocycles. The van der Waals surface area contributed by atoms with E-state index in [-0.39, 0.29) is 17.9 Å². The second-order valence-electron chi connectivity index (χ2n) is 5.42. The maximum absolute atomic E-state index is 12.2. The van der Waals surface area contributed by atoms with Gasteiger partial charge in [0.15, 0.2) is 12.1 Å². The number of H-pyrrole nitrogens is 1. The van der Waals surface area contributed by atoms with Crippen LogP contribution in [0.3, 0.4) is 0 Å². The largest absolute Gasteiger partial charge is 0.450 e. The van der Waals surface area contributed by atoms with Crippen molar-refractivity contribution in [3.05, 3.63) is 69.5 Å². The lowest BCUT2D eigenvalue weighted by molar-refractivity contribution is -0.386. The van der Waals surface area contributed by atoms with E-state index in [1.54, 1.807) is 25.1 Å². The van der Waals surface area contributed by atoms with Crippen LogP contribution in [-0.2, 0) is 11.3 Å². The first kappa shape index (κ1) is 16.3. The number of ether oxygens (including phenoxy) is 1. The third-order valence-corrected chi connectivity index (χ3v) is 3.71. The second kappa shape index (κ2) is 6.52. The van der Waals surface area contributed by atoms with Crippen LogP contribution in [0.1, 0.15) is 21.7 Å². The third kappa shape index (κ3) is 3.23. The zero-order valence-electron chi connectivity index (χ0n) is 13.4. The van der Waals surface area contributed by atoms with Gasteiger partial charge in [-0.05, 0) is 25.1 Å². The molecule has 0 atom stereocenters. The molecule has 8 nitrogen and oxygen atoms in total. The van der Waals surface area contributed by atoms with Crippen LogP contribution >= 0.6 is 0 Å². The first-order chi connectivity index (χ1) is 12.0. The monoisotopic (exact) mass is 339 g/mol. The minimum Gasteiger partial charge on any atom is -0.450 e. The van der Waals surface area contributed by atoms with Crippen molar-refractivity contribution >= 4 is 28.4 Å². The molecule has 0 amide bonds. The van der Waals surface area contributed by atoms with Crippen LogP contribution in [0, 0.1) is 17.0 Å². The van der Waals surface area contributed by atoms with Gasteiger partial charge in [0.1, 0.15) is 5.56 Å². The first-order valence-electron chi connectivity index (χ1n) is 7.45. The lowest BCUT2D eigenvalue weighted by Crippen LogP contribution is -2.21. The summed E-state index contributed by atoms with van der Waals surface area (Å²) >= 11 is 0. The summed E-state index contributed by atoms with van der Waals surface area (Å²) in [5, 5.41) is 11.9. The Labute approximate surface area is 142 Å². The zero-order chi connectivity index (χ0) is 18.0. The highest BCUT2D eigenvalue weighted by atomic mass is 16.6. The van der Waals surface area contributed by atoms with Crippen molar-refractivity contribution in [2.75, 3.05) is 5.73 Å². The minimum absolute atomic E-state index is 0.0984. The lowest BCUT2D eigenvalue weighted by atomic mass is 10.1. The highest BCUT2D eigenvalue weighted by Gasteiger charge is 2.24. The number of rotatable bonds is 4. The van der Waals surface area contributed by atoms with E-state index in [1.807, 2.05) is 18.2 Å². The van der Waals surface area contributed by atoms with Gasteiger partial charge in [-0.2, -0.15) is 0 Å². The summed E-state index contributed by atoms with van der Waals surface area (Å²) in [5.41, 5.74) is 6.62. The summed E-state index contributed by atoms with van der Waals surface area (Å²) in [6.07, 6.45) is 0. The van der Waals surface area contributed by atoms with E-state index in [0.29, 0.717) is 22.7 Å². The molecule has 0 aliphatic heterocycles. The number of carbonyl (C=O) groups excluding carboxylic acids is 1. The number of nitrogens with zero attached hydrogens (tertiary/aromatic N) is 2. The zero-order valence-corrected chi connectivity index (χ0v) is 13.4. The number of carbonyl (C=O) groups is 1. The van der Waals surface area contributed by atoms with Crippen LogP contribution in [0.15, 0.2) is 42.5 Å². The molecule has 0 radical (unpaired) electrons. The van der Waals surface area contributed by atoms with Crippen LogP contribution in [0.5, 0.6) is 0 Å². The summed E-state index contributed by atoms with van der Waals surface area (Å²) in [6.45, 7) is 1.38. The average Bonchev–Trinajstić information content (AvgIpc) is 2.59. The molecule has 126 valence electrons. The van der Waals surface area contributed by atoms with Gasteiger partial charge in [0.2, 0.25) is 5.82 Å². The molecule has 0 spiro atoms. The van der Waals surface area contributed by atoms with Crippen molar-refractivity contribution in [2.24, 2.45) is 0 Å². The molecule has 3 aromatic rings. The lowest BCUT2D eigenvalue weighted by Gasteiger charge is -2.05. The molecule has 3 N–H and O–H groups in total. The van der Waals surface area contributed by atoms with E-state index in [1.165, 1.54) is 6.07 Å². The molecule has 0 unspecified atom stereocenters. The van der Waals surface area contributed by atoms with Crippen LogP contribution < -0.4 is 10.7 Å². The molecule has 8 heteroatoms. The highest BCUT2D eigenvalue weighted by Crippen LogP contribution is 2.24. The number of aromatic nitrogens is 2.